The van der Waals surface area contributed by atoms with Gasteiger partial charge in [-0.15, -0.1) is 0 Å². The fraction of sp³-hybridized carbons (Fsp3) is 0.647. The van der Waals surface area contributed by atoms with Crippen molar-refractivity contribution in [3.8, 4) is 5.75 Å². The van der Waals surface area contributed by atoms with E-state index >= 15 is 0 Å². The molecule has 4 heteroatoms. The highest BCUT2D eigenvalue weighted by Crippen LogP contribution is 2.30. The monoisotopic (exact) mass is 289 g/mol. The minimum absolute atomic E-state index is 0.0888. The Morgan fingerprint density at radius 3 is 2.29 bits per heavy atom. The number of nitrogens with zero attached hydrogens (tertiary/aromatic N) is 2. The van der Waals surface area contributed by atoms with E-state index in [1.807, 2.05) is 12.1 Å². The third-order valence-corrected chi connectivity index (χ3v) is 4.68. The molecule has 3 rings (SSSR count). The quantitative estimate of drug-likeness (QED) is 0.866. The van der Waals surface area contributed by atoms with Crippen molar-refractivity contribution in [2.24, 2.45) is 11.7 Å². The average molecular weight is 289 g/mol. The Hall–Kier alpha value is -1.10. The number of hydrogen-bond donors (Lipinski definition) is 1. The van der Waals surface area contributed by atoms with Crippen molar-refractivity contribution in [1.82, 2.24) is 9.80 Å². The Kier molecular flexibility index (Phi) is 4.78. The number of nitrogens with two attached hydrogens (primary N) is 1. The molecular weight excluding hydrogens is 262 g/mol. The minimum atomic E-state index is 0.0888. The average Bonchev–Trinajstić information content (AvgIpc) is 3.33. The van der Waals surface area contributed by atoms with Gasteiger partial charge in [0.2, 0.25) is 0 Å². The van der Waals surface area contributed by atoms with Crippen molar-refractivity contribution in [1.29, 1.82) is 0 Å². The van der Waals surface area contributed by atoms with Crippen LogP contribution in [0.15, 0.2) is 24.3 Å². The standard InChI is InChI=1S/C17H27N3O/c1-21-16-6-4-15(5-7-16)17(18)13-20-10-8-19(9-11-20)12-14-2-3-14/h4-7,14,17H,2-3,8-13,18H2,1H3. The second kappa shape index (κ2) is 6.77. The Morgan fingerprint density at radius 1 is 1.10 bits per heavy atom. The molecule has 0 bridgehead atoms. The van der Waals surface area contributed by atoms with Crippen LogP contribution in [0.4, 0.5) is 0 Å². The SMILES string of the molecule is COc1ccc(C(N)CN2CCN(CC3CC3)CC2)cc1. The lowest BCUT2D eigenvalue weighted by molar-refractivity contribution is 0.123. The molecule has 0 radical (unpaired) electrons. The van der Waals surface area contributed by atoms with Gasteiger partial charge in [-0.2, -0.15) is 0 Å². The third-order valence-electron chi connectivity index (χ3n) is 4.68. The zero-order chi connectivity index (χ0) is 14.7. The molecule has 116 valence electrons. The lowest BCUT2D eigenvalue weighted by Crippen LogP contribution is -2.48. The van der Waals surface area contributed by atoms with Gasteiger partial charge < -0.3 is 15.4 Å². The van der Waals surface area contributed by atoms with Crippen LogP contribution in [0.5, 0.6) is 5.75 Å². The summed E-state index contributed by atoms with van der Waals surface area (Å²) in [6, 6.07) is 8.22. The molecule has 2 fully saturated rings. The molecule has 1 unspecified atom stereocenters. The predicted octanol–water partition coefficient (Wildman–Crippen LogP) is 1.72. The van der Waals surface area contributed by atoms with E-state index in [-0.39, 0.29) is 6.04 Å². The van der Waals surface area contributed by atoms with Crippen molar-refractivity contribution in [3.63, 3.8) is 0 Å². The van der Waals surface area contributed by atoms with Gasteiger partial charge in [0.1, 0.15) is 5.75 Å². The molecule has 1 aromatic carbocycles. The topological polar surface area (TPSA) is 41.7 Å². The highest BCUT2D eigenvalue weighted by Gasteiger charge is 2.26. The molecule has 1 saturated heterocycles. The maximum Gasteiger partial charge on any atom is 0.118 e. The molecule has 1 aromatic rings. The van der Waals surface area contributed by atoms with Crippen LogP contribution in [0.1, 0.15) is 24.4 Å². The van der Waals surface area contributed by atoms with E-state index in [2.05, 4.69) is 21.9 Å². The van der Waals surface area contributed by atoms with Crippen molar-refractivity contribution in [3.05, 3.63) is 29.8 Å². The Balaban J connectivity index is 1.45. The Morgan fingerprint density at radius 2 is 1.71 bits per heavy atom. The zero-order valence-corrected chi connectivity index (χ0v) is 13.0. The van der Waals surface area contributed by atoms with E-state index in [1.54, 1.807) is 7.11 Å². The first-order chi connectivity index (χ1) is 10.2. The number of benzene rings is 1. The molecule has 2 N–H and O–H groups in total. The summed E-state index contributed by atoms with van der Waals surface area (Å²) in [6.45, 7) is 6.97. The van der Waals surface area contributed by atoms with E-state index in [1.165, 1.54) is 38.0 Å². The van der Waals surface area contributed by atoms with Crippen molar-refractivity contribution in [2.75, 3.05) is 46.4 Å². The van der Waals surface area contributed by atoms with E-state index in [9.17, 15) is 0 Å². The maximum atomic E-state index is 6.35. The van der Waals surface area contributed by atoms with Crippen molar-refractivity contribution >= 4 is 0 Å². The molecule has 0 amide bonds. The summed E-state index contributed by atoms with van der Waals surface area (Å²) in [6.07, 6.45) is 2.89. The number of hydrogen-bond acceptors (Lipinski definition) is 4. The molecule has 4 nitrogen and oxygen atoms in total. The fourth-order valence-corrected chi connectivity index (χ4v) is 3.05. The highest BCUT2D eigenvalue weighted by atomic mass is 16.5. The number of rotatable bonds is 6. The largest absolute Gasteiger partial charge is 0.497 e. The van der Waals surface area contributed by atoms with Crippen LogP contribution < -0.4 is 10.5 Å². The van der Waals surface area contributed by atoms with Crippen molar-refractivity contribution < 1.29 is 4.74 Å². The molecule has 1 atom stereocenters. The number of piperazine rings is 1. The summed E-state index contributed by atoms with van der Waals surface area (Å²) in [5.74, 6) is 1.89. The van der Waals surface area contributed by atoms with Crippen LogP contribution in [0.2, 0.25) is 0 Å². The number of methoxy groups -OCH3 is 1. The van der Waals surface area contributed by atoms with Crippen LogP contribution in [0.25, 0.3) is 0 Å². The van der Waals surface area contributed by atoms with E-state index in [0.29, 0.717) is 0 Å². The first-order valence-electron chi connectivity index (χ1n) is 8.09. The predicted molar refractivity (Wildman–Crippen MR) is 85.5 cm³/mol. The van der Waals surface area contributed by atoms with Crippen molar-refractivity contribution in [2.45, 2.75) is 18.9 Å². The van der Waals surface area contributed by atoms with Crippen LogP contribution in [0, 0.1) is 5.92 Å². The van der Waals surface area contributed by atoms with Gasteiger partial charge in [-0.25, -0.2) is 0 Å². The summed E-state index contributed by atoms with van der Waals surface area (Å²) in [5, 5.41) is 0. The second-order valence-corrected chi connectivity index (χ2v) is 6.42. The minimum Gasteiger partial charge on any atom is -0.497 e. The molecule has 0 spiro atoms. The molecule has 1 heterocycles. The van der Waals surface area contributed by atoms with Gasteiger partial charge in [-0.1, -0.05) is 12.1 Å². The van der Waals surface area contributed by atoms with E-state index in [0.717, 1.165) is 31.3 Å². The van der Waals surface area contributed by atoms with Gasteiger partial charge in [-0.3, -0.25) is 4.90 Å². The van der Waals surface area contributed by atoms with Gasteiger partial charge in [0, 0.05) is 45.3 Å². The third kappa shape index (κ3) is 4.19. The van der Waals surface area contributed by atoms with E-state index < -0.39 is 0 Å². The lowest BCUT2D eigenvalue weighted by atomic mass is 10.1. The first-order valence-corrected chi connectivity index (χ1v) is 8.09. The summed E-state index contributed by atoms with van der Waals surface area (Å²) in [5.41, 5.74) is 7.54. The zero-order valence-electron chi connectivity index (χ0n) is 13.0. The van der Waals surface area contributed by atoms with Gasteiger partial charge in [0.15, 0.2) is 0 Å². The first kappa shape index (κ1) is 14.8. The van der Waals surface area contributed by atoms with E-state index in [4.69, 9.17) is 10.5 Å². The van der Waals surface area contributed by atoms with Gasteiger partial charge in [0.25, 0.3) is 0 Å². The molecule has 0 aromatic heterocycles. The summed E-state index contributed by atoms with van der Waals surface area (Å²) in [4.78, 5) is 5.12. The molecular formula is C17H27N3O. The van der Waals surface area contributed by atoms with Crippen LogP contribution >= 0.6 is 0 Å². The molecule has 2 aliphatic rings. The Labute approximate surface area is 127 Å². The fourth-order valence-electron chi connectivity index (χ4n) is 3.05. The lowest BCUT2D eigenvalue weighted by Gasteiger charge is -2.36. The molecule has 21 heavy (non-hydrogen) atoms. The number of ether oxygens (including phenoxy) is 1. The van der Waals surface area contributed by atoms with Crippen LogP contribution in [-0.2, 0) is 0 Å². The van der Waals surface area contributed by atoms with Gasteiger partial charge in [-0.05, 0) is 36.5 Å². The van der Waals surface area contributed by atoms with Gasteiger partial charge >= 0.3 is 0 Å². The molecule has 1 saturated carbocycles. The second-order valence-electron chi connectivity index (χ2n) is 6.42. The van der Waals surface area contributed by atoms with Crippen LogP contribution in [0.3, 0.4) is 0 Å². The molecule has 1 aliphatic heterocycles. The highest BCUT2D eigenvalue weighted by molar-refractivity contribution is 5.29. The van der Waals surface area contributed by atoms with Crippen LogP contribution in [-0.4, -0.2) is 56.2 Å². The smallest absolute Gasteiger partial charge is 0.118 e. The summed E-state index contributed by atoms with van der Waals surface area (Å²) < 4.78 is 5.19. The summed E-state index contributed by atoms with van der Waals surface area (Å²) >= 11 is 0. The normalized spacial score (nSPS) is 22.2. The van der Waals surface area contributed by atoms with Gasteiger partial charge in [0.05, 0.1) is 7.11 Å². The maximum absolute atomic E-state index is 6.35. The summed E-state index contributed by atoms with van der Waals surface area (Å²) in [7, 11) is 1.69. The Bertz CT molecular complexity index is 436. The molecule has 1 aliphatic carbocycles.